The summed E-state index contributed by atoms with van der Waals surface area (Å²) in [5, 5.41) is 0.876. The number of nitrogens with zero attached hydrogens (tertiary/aromatic N) is 1. The number of esters is 1. The molecule has 0 radical (unpaired) electrons. The van der Waals surface area contributed by atoms with Crippen molar-refractivity contribution in [1.29, 1.82) is 0 Å². The van der Waals surface area contributed by atoms with Crippen LogP contribution in [-0.4, -0.2) is 25.8 Å². The van der Waals surface area contributed by atoms with Crippen LogP contribution in [0.3, 0.4) is 0 Å². The lowest BCUT2D eigenvalue weighted by Crippen LogP contribution is -2.30. The highest BCUT2D eigenvalue weighted by atomic mass is 32.2. The normalized spacial score (nSPS) is 11.7. The van der Waals surface area contributed by atoms with Crippen molar-refractivity contribution in [1.82, 2.24) is 4.31 Å². The number of fused-ring (bicyclic) bond motifs is 1. The van der Waals surface area contributed by atoms with Crippen molar-refractivity contribution in [2.45, 2.75) is 30.8 Å². The van der Waals surface area contributed by atoms with Crippen LogP contribution in [0.25, 0.3) is 11.0 Å². The van der Waals surface area contributed by atoms with Gasteiger partial charge in [0.05, 0.1) is 18.6 Å². The van der Waals surface area contributed by atoms with Crippen molar-refractivity contribution >= 4 is 27.0 Å². The molecule has 0 amide bonds. The molecular weight excluding hydrogens is 457 g/mol. The molecule has 1 heterocycles. The molecule has 4 aromatic rings. The Kier molecular flexibility index (Phi) is 7.09. The molecule has 0 fully saturated rings. The van der Waals surface area contributed by atoms with Gasteiger partial charge < -0.3 is 9.15 Å². The number of methoxy groups -OCH3 is 1. The Morgan fingerprint density at radius 3 is 2.41 bits per heavy atom. The molecule has 4 rings (SSSR count). The SMILES string of the molecule is COC(=O)CCc1cccc(CN(Cc2cc3ccccc3o2)S(=O)(=O)c2ccc(F)cc2)c1. The molecule has 0 spiro atoms. The summed E-state index contributed by atoms with van der Waals surface area (Å²) in [6.07, 6.45) is 0.714. The van der Waals surface area contributed by atoms with E-state index in [1.165, 1.54) is 23.5 Å². The van der Waals surface area contributed by atoms with Crippen LogP contribution in [0.5, 0.6) is 0 Å². The summed E-state index contributed by atoms with van der Waals surface area (Å²) in [6, 6.07) is 21.4. The van der Waals surface area contributed by atoms with Gasteiger partial charge in [0.25, 0.3) is 0 Å². The van der Waals surface area contributed by atoms with Gasteiger partial charge in [0, 0.05) is 18.4 Å². The molecule has 0 N–H and O–H groups in total. The number of ether oxygens (including phenoxy) is 1. The number of carbonyl (C=O) groups excluding carboxylic acids is 1. The highest BCUT2D eigenvalue weighted by Gasteiger charge is 2.26. The lowest BCUT2D eigenvalue weighted by atomic mass is 10.1. The summed E-state index contributed by atoms with van der Waals surface area (Å²) in [6.45, 7) is 0.0730. The molecule has 34 heavy (non-hydrogen) atoms. The second-order valence-corrected chi connectivity index (χ2v) is 9.81. The first-order valence-corrected chi connectivity index (χ1v) is 12.2. The number of carbonyl (C=O) groups is 1. The fourth-order valence-corrected chi connectivity index (χ4v) is 5.10. The maximum Gasteiger partial charge on any atom is 0.305 e. The quantitative estimate of drug-likeness (QED) is 0.312. The molecule has 0 aliphatic heterocycles. The Hall–Kier alpha value is -3.49. The van der Waals surface area contributed by atoms with Crippen LogP contribution in [0.1, 0.15) is 23.3 Å². The van der Waals surface area contributed by atoms with Crippen LogP contribution >= 0.6 is 0 Å². The van der Waals surface area contributed by atoms with E-state index in [0.29, 0.717) is 17.8 Å². The van der Waals surface area contributed by atoms with Gasteiger partial charge in [0.2, 0.25) is 10.0 Å². The number of benzene rings is 3. The van der Waals surface area contributed by atoms with E-state index in [1.807, 2.05) is 54.6 Å². The summed E-state index contributed by atoms with van der Waals surface area (Å²) in [5.74, 6) is -0.328. The van der Waals surface area contributed by atoms with Gasteiger partial charge in [-0.3, -0.25) is 4.79 Å². The van der Waals surface area contributed by atoms with Gasteiger partial charge in [0.1, 0.15) is 17.2 Å². The maximum atomic E-state index is 13.5. The summed E-state index contributed by atoms with van der Waals surface area (Å²) >= 11 is 0. The van der Waals surface area contributed by atoms with Crippen LogP contribution in [0.4, 0.5) is 4.39 Å². The highest BCUT2D eigenvalue weighted by molar-refractivity contribution is 7.89. The average molecular weight is 482 g/mol. The molecule has 0 atom stereocenters. The topological polar surface area (TPSA) is 76.8 Å². The predicted octanol–water partition coefficient (Wildman–Crippen LogP) is 5.07. The summed E-state index contributed by atoms with van der Waals surface area (Å²) in [7, 11) is -2.62. The first-order valence-electron chi connectivity index (χ1n) is 10.7. The van der Waals surface area contributed by atoms with Crippen molar-refractivity contribution in [2.75, 3.05) is 7.11 Å². The highest BCUT2D eigenvalue weighted by Crippen LogP contribution is 2.25. The van der Waals surface area contributed by atoms with Crippen molar-refractivity contribution in [3.63, 3.8) is 0 Å². The third-order valence-electron chi connectivity index (χ3n) is 5.46. The number of para-hydroxylation sites is 1. The zero-order chi connectivity index (χ0) is 24.1. The van der Waals surface area contributed by atoms with Gasteiger partial charge in [-0.05, 0) is 53.9 Å². The minimum absolute atomic E-state index is 0.000772. The van der Waals surface area contributed by atoms with Gasteiger partial charge in [0.15, 0.2) is 0 Å². The predicted molar refractivity (Wildman–Crippen MR) is 126 cm³/mol. The molecular formula is C26H24FNO5S. The molecule has 0 aliphatic rings. The smallest absolute Gasteiger partial charge is 0.305 e. The molecule has 0 saturated carbocycles. The summed E-state index contributed by atoms with van der Waals surface area (Å²) < 4.78 is 52.3. The summed E-state index contributed by atoms with van der Waals surface area (Å²) in [4.78, 5) is 11.5. The Morgan fingerprint density at radius 2 is 1.68 bits per heavy atom. The second kappa shape index (κ2) is 10.2. The third-order valence-corrected chi connectivity index (χ3v) is 7.26. The largest absolute Gasteiger partial charge is 0.469 e. The van der Waals surface area contributed by atoms with Gasteiger partial charge >= 0.3 is 5.97 Å². The van der Waals surface area contributed by atoms with Crippen LogP contribution in [0.2, 0.25) is 0 Å². The molecule has 0 bridgehead atoms. The lowest BCUT2D eigenvalue weighted by Gasteiger charge is -2.22. The molecule has 1 aromatic heterocycles. The van der Waals surface area contributed by atoms with E-state index in [0.717, 1.165) is 28.6 Å². The fourth-order valence-electron chi connectivity index (χ4n) is 3.71. The van der Waals surface area contributed by atoms with E-state index >= 15 is 0 Å². The van der Waals surface area contributed by atoms with Crippen molar-refractivity contribution < 1.29 is 26.8 Å². The molecule has 176 valence electrons. The number of halogens is 1. The van der Waals surface area contributed by atoms with Gasteiger partial charge in [-0.15, -0.1) is 0 Å². The molecule has 0 unspecified atom stereocenters. The number of aryl methyl sites for hydroxylation is 1. The Morgan fingerprint density at radius 1 is 0.941 bits per heavy atom. The second-order valence-electron chi connectivity index (χ2n) is 7.87. The zero-order valence-corrected chi connectivity index (χ0v) is 19.4. The van der Waals surface area contributed by atoms with Crippen LogP contribution in [0, 0.1) is 5.82 Å². The van der Waals surface area contributed by atoms with E-state index in [2.05, 4.69) is 0 Å². The number of sulfonamides is 1. The molecule has 0 saturated heterocycles. The lowest BCUT2D eigenvalue weighted by molar-refractivity contribution is -0.140. The van der Waals surface area contributed by atoms with Gasteiger partial charge in [-0.2, -0.15) is 4.31 Å². The van der Waals surface area contributed by atoms with Gasteiger partial charge in [-0.1, -0.05) is 42.5 Å². The molecule has 6 nitrogen and oxygen atoms in total. The number of furan rings is 1. The Bertz CT molecular complexity index is 1360. The van der Waals surface area contributed by atoms with Crippen molar-refractivity contribution in [3.05, 3.63) is 102 Å². The minimum Gasteiger partial charge on any atom is -0.469 e. The number of rotatable bonds is 9. The Labute approximate surface area is 197 Å². The third kappa shape index (κ3) is 5.52. The number of hydrogen-bond donors (Lipinski definition) is 0. The van der Waals surface area contributed by atoms with Crippen molar-refractivity contribution in [2.24, 2.45) is 0 Å². The first kappa shape index (κ1) is 23.7. The average Bonchev–Trinajstić information content (AvgIpc) is 3.25. The van der Waals surface area contributed by atoms with Crippen LogP contribution in [0.15, 0.2) is 88.2 Å². The van der Waals surface area contributed by atoms with Gasteiger partial charge in [-0.25, -0.2) is 12.8 Å². The minimum atomic E-state index is -3.96. The van der Waals surface area contributed by atoms with E-state index in [9.17, 15) is 17.6 Å². The van der Waals surface area contributed by atoms with Crippen molar-refractivity contribution in [3.8, 4) is 0 Å². The van der Waals surface area contributed by atoms with E-state index in [1.54, 1.807) is 0 Å². The van der Waals surface area contributed by atoms with E-state index in [-0.39, 0.29) is 30.4 Å². The molecule has 8 heteroatoms. The van der Waals surface area contributed by atoms with E-state index in [4.69, 9.17) is 9.15 Å². The number of hydrogen-bond acceptors (Lipinski definition) is 5. The maximum absolute atomic E-state index is 13.5. The molecule has 3 aromatic carbocycles. The monoisotopic (exact) mass is 481 g/mol. The summed E-state index contributed by atoms with van der Waals surface area (Å²) in [5.41, 5.74) is 2.32. The van der Waals surface area contributed by atoms with Crippen LogP contribution < -0.4 is 0 Å². The first-order chi connectivity index (χ1) is 16.3. The zero-order valence-electron chi connectivity index (χ0n) is 18.6. The standard InChI is InChI=1S/C26H24FNO5S/c1-32-26(29)14-9-19-5-4-6-20(15-19)17-28(34(30,31)24-12-10-22(27)11-13-24)18-23-16-21-7-2-3-8-25(21)33-23/h2-8,10-13,15-16H,9,14,17-18H2,1H3. The van der Waals surface area contributed by atoms with Crippen LogP contribution in [-0.2, 0) is 39.1 Å². The fraction of sp³-hybridized carbons (Fsp3) is 0.192. The molecule has 0 aliphatic carbocycles. The Balaban J connectivity index is 1.65. The van der Waals surface area contributed by atoms with E-state index < -0.39 is 15.8 Å².